The molecule has 0 aromatic rings. The van der Waals surface area contributed by atoms with E-state index in [9.17, 15) is 12.9 Å². The van der Waals surface area contributed by atoms with Gasteiger partial charge in [-0.25, -0.2) is 0 Å². The topological polar surface area (TPSA) is 9.23 Å². The average Bonchev–Trinajstić information content (AvgIpc) is 1.78. The van der Waals surface area contributed by atoms with Gasteiger partial charge in [-0.05, 0) is 13.3 Å². The summed E-state index contributed by atoms with van der Waals surface area (Å²) in [6.07, 6.45) is 0.492. The van der Waals surface area contributed by atoms with Crippen LogP contribution < -0.4 is 51.4 Å². The van der Waals surface area contributed by atoms with Gasteiger partial charge in [0.1, 0.15) is 0 Å². The second-order valence-corrected chi connectivity index (χ2v) is 2.49. The van der Waals surface area contributed by atoms with Gasteiger partial charge in [0.25, 0.3) is 0 Å². The standard InChI is InChI=1S/C6H11BF3O.K/c1-6(2)3-4-11-5-7(8,9)10;/h1,3-5H2,2H3;/q-1;+1. The zero-order chi connectivity index (χ0) is 8.91. The summed E-state index contributed by atoms with van der Waals surface area (Å²) >= 11 is 0. The van der Waals surface area contributed by atoms with E-state index in [1.807, 2.05) is 0 Å². The summed E-state index contributed by atoms with van der Waals surface area (Å²) in [5.74, 6) is 0. The van der Waals surface area contributed by atoms with Gasteiger partial charge in [0.05, 0.1) is 0 Å². The van der Waals surface area contributed by atoms with Crippen LogP contribution >= 0.6 is 0 Å². The van der Waals surface area contributed by atoms with Gasteiger partial charge in [-0.3, -0.25) is 0 Å². The molecule has 0 fully saturated rings. The van der Waals surface area contributed by atoms with Crippen molar-refractivity contribution in [3.05, 3.63) is 12.2 Å². The summed E-state index contributed by atoms with van der Waals surface area (Å²) in [6, 6.07) is 0. The number of halogens is 3. The second kappa shape index (κ2) is 7.58. The molecule has 0 rings (SSSR count). The van der Waals surface area contributed by atoms with E-state index in [1.54, 1.807) is 6.92 Å². The summed E-state index contributed by atoms with van der Waals surface area (Å²) < 4.78 is 38.8. The maximum absolute atomic E-state index is 11.5. The van der Waals surface area contributed by atoms with Gasteiger partial charge in [0, 0.05) is 13.1 Å². The van der Waals surface area contributed by atoms with Crippen LogP contribution in [0.15, 0.2) is 12.2 Å². The van der Waals surface area contributed by atoms with E-state index in [0.717, 1.165) is 5.57 Å². The molecule has 0 atom stereocenters. The number of ether oxygens (including phenoxy) is 1. The molecule has 0 aliphatic heterocycles. The quantitative estimate of drug-likeness (QED) is 0.330. The van der Waals surface area contributed by atoms with E-state index >= 15 is 0 Å². The van der Waals surface area contributed by atoms with Crippen molar-refractivity contribution in [2.24, 2.45) is 0 Å². The molecule has 0 saturated carbocycles. The van der Waals surface area contributed by atoms with Gasteiger partial charge in [0.2, 0.25) is 0 Å². The predicted octanol–water partition coefficient (Wildman–Crippen LogP) is -0.640. The monoisotopic (exact) mass is 206 g/mol. The Balaban J connectivity index is 0. The minimum atomic E-state index is -4.78. The van der Waals surface area contributed by atoms with Crippen molar-refractivity contribution in [3.63, 3.8) is 0 Å². The minimum absolute atomic E-state index is 0. The molecule has 0 aromatic heterocycles. The van der Waals surface area contributed by atoms with Gasteiger partial charge >= 0.3 is 58.4 Å². The first-order chi connectivity index (χ1) is 4.92. The van der Waals surface area contributed by atoms with Crippen LogP contribution in [0.1, 0.15) is 13.3 Å². The SMILES string of the molecule is C=C(C)CCOC[B-](F)(F)F.[K+]. The van der Waals surface area contributed by atoms with Crippen molar-refractivity contribution in [1.82, 2.24) is 0 Å². The van der Waals surface area contributed by atoms with E-state index in [1.165, 1.54) is 0 Å². The van der Waals surface area contributed by atoms with E-state index in [2.05, 4.69) is 11.3 Å². The van der Waals surface area contributed by atoms with Crippen molar-refractivity contribution < 1.29 is 69.1 Å². The van der Waals surface area contributed by atoms with Gasteiger partial charge in [-0.15, -0.1) is 6.58 Å². The van der Waals surface area contributed by atoms with E-state index in [4.69, 9.17) is 0 Å². The van der Waals surface area contributed by atoms with Crippen LogP contribution in [0.2, 0.25) is 0 Å². The summed E-state index contributed by atoms with van der Waals surface area (Å²) in [6.45, 7) is -0.495. The predicted molar refractivity (Wildman–Crippen MR) is 39.3 cm³/mol. The van der Waals surface area contributed by atoms with Gasteiger partial charge in [0.15, 0.2) is 0 Å². The summed E-state index contributed by atoms with van der Waals surface area (Å²) in [5.41, 5.74) is 0.833. The molecule has 66 valence electrons. The number of hydrogen-bond donors (Lipinski definition) is 0. The molecule has 0 heterocycles. The molecule has 1 nitrogen and oxygen atoms in total. The third-order valence-electron chi connectivity index (χ3n) is 0.980. The Labute approximate surface area is 113 Å². The second-order valence-electron chi connectivity index (χ2n) is 2.49. The van der Waals surface area contributed by atoms with Crippen LogP contribution in [0.4, 0.5) is 12.9 Å². The molecule has 0 aromatic carbocycles. The molecule has 0 unspecified atom stereocenters. The first kappa shape index (κ1) is 15.7. The third kappa shape index (κ3) is 13.8. The van der Waals surface area contributed by atoms with E-state index in [0.29, 0.717) is 6.42 Å². The van der Waals surface area contributed by atoms with Gasteiger partial charge in [-0.2, -0.15) is 0 Å². The third-order valence-corrected chi connectivity index (χ3v) is 0.980. The molecule has 0 aliphatic carbocycles. The van der Waals surface area contributed by atoms with E-state index in [-0.39, 0.29) is 58.0 Å². The molecule has 12 heavy (non-hydrogen) atoms. The zero-order valence-electron chi connectivity index (χ0n) is 7.45. The molecule has 0 radical (unpaired) electrons. The molecule has 6 heteroatoms. The summed E-state index contributed by atoms with van der Waals surface area (Å²) in [7, 11) is 0. The number of rotatable bonds is 5. The van der Waals surface area contributed by atoms with Crippen molar-refractivity contribution >= 4 is 6.98 Å². The maximum Gasteiger partial charge on any atom is 1.00 e. The Morgan fingerprint density at radius 2 is 1.92 bits per heavy atom. The molecule has 0 N–H and O–H groups in total. The fourth-order valence-electron chi connectivity index (χ4n) is 0.463. The first-order valence-electron chi connectivity index (χ1n) is 3.35. The minimum Gasteiger partial charge on any atom is -0.447 e. The zero-order valence-corrected chi connectivity index (χ0v) is 10.6. The molecule has 0 spiro atoms. The fourth-order valence-corrected chi connectivity index (χ4v) is 0.463. The normalized spacial score (nSPS) is 10.7. The maximum atomic E-state index is 11.5. The molecule has 0 amide bonds. The molecule has 0 aliphatic rings. The Kier molecular flexibility index (Phi) is 9.89. The van der Waals surface area contributed by atoms with Crippen molar-refractivity contribution in [2.75, 3.05) is 13.1 Å². The van der Waals surface area contributed by atoms with Crippen LogP contribution in [0, 0.1) is 0 Å². The largest absolute Gasteiger partial charge is 1.00 e. The van der Waals surface area contributed by atoms with E-state index < -0.39 is 13.5 Å². The average molecular weight is 206 g/mol. The molecule has 0 bridgehead atoms. The number of hydrogen-bond acceptors (Lipinski definition) is 1. The van der Waals surface area contributed by atoms with Crippen molar-refractivity contribution in [3.8, 4) is 0 Å². The Hall–Kier alpha value is 1.19. The molecular weight excluding hydrogens is 195 g/mol. The summed E-state index contributed by atoms with van der Waals surface area (Å²) in [5, 5.41) is 0. The van der Waals surface area contributed by atoms with Crippen LogP contribution in [-0.2, 0) is 4.74 Å². The van der Waals surface area contributed by atoms with Crippen LogP contribution in [0.25, 0.3) is 0 Å². The fraction of sp³-hybridized carbons (Fsp3) is 0.667. The molecule has 0 saturated heterocycles. The summed E-state index contributed by atoms with van der Waals surface area (Å²) in [4.78, 5) is 0. The Morgan fingerprint density at radius 3 is 2.25 bits per heavy atom. The van der Waals surface area contributed by atoms with Crippen LogP contribution in [-0.4, -0.2) is 20.1 Å². The van der Waals surface area contributed by atoms with Crippen molar-refractivity contribution in [2.45, 2.75) is 13.3 Å². The first-order valence-corrected chi connectivity index (χ1v) is 3.35. The van der Waals surface area contributed by atoms with Crippen LogP contribution in [0.3, 0.4) is 0 Å². The van der Waals surface area contributed by atoms with Gasteiger partial charge in [-0.1, -0.05) is 5.57 Å². The molecular formula is C6H11BF3KO. The smallest absolute Gasteiger partial charge is 0.447 e. The van der Waals surface area contributed by atoms with Crippen LogP contribution in [0.5, 0.6) is 0 Å². The van der Waals surface area contributed by atoms with Gasteiger partial charge < -0.3 is 17.7 Å². The van der Waals surface area contributed by atoms with Crippen molar-refractivity contribution in [1.29, 1.82) is 0 Å². The Morgan fingerprint density at radius 1 is 1.42 bits per heavy atom. The Bertz CT molecular complexity index is 137.